The summed E-state index contributed by atoms with van der Waals surface area (Å²) in [6.45, 7) is 0. The molecule has 1 aromatic carbocycles. The van der Waals surface area contributed by atoms with E-state index in [2.05, 4.69) is 0 Å². The first-order valence-electron chi connectivity index (χ1n) is 5.80. The second kappa shape index (κ2) is 6.07. The lowest BCUT2D eigenvalue weighted by Crippen LogP contribution is -1.97. The predicted octanol–water partition coefficient (Wildman–Crippen LogP) is 3.78. The highest BCUT2D eigenvalue weighted by Crippen LogP contribution is 2.36. The number of thiophene rings is 1. The van der Waals surface area contributed by atoms with Crippen LogP contribution in [0.4, 0.5) is 0 Å². The predicted molar refractivity (Wildman–Crippen MR) is 77.7 cm³/mol. The zero-order valence-corrected chi connectivity index (χ0v) is 11.9. The van der Waals surface area contributed by atoms with Crippen LogP contribution in [0.2, 0.25) is 5.02 Å². The third kappa shape index (κ3) is 3.18. The first-order valence-corrected chi connectivity index (χ1v) is 7.06. The quantitative estimate of drug-likeness (QED) is 0.881. The van der Waals surface area contributed by atoms with E-state index in [0.29, 0.717) is 11.3 Å². The molecule has 2 rings (SSSR count). The van der Waals surface area contributed by atoms with Crippen molar-refractivity contribution in [2.24, 2.45) is 0 Å². The van der Waals surface area contributed by atoms with Crippen LogP contribution in [0.1, 0.15) is 22.3 Å². The summed E-state index contributed by atoms with van der Waals surface area (Å²) in [4.78, 5) is 22.1. The van der Waals surface area contributed by atoms with Gasteiger partial charge in [0.1, 0.15) is 0 Å². The summed E-state index contributed by atoms with van der Waals surface area (Å²) in [5.74, 6) is -1.88. The van der Waals surface area contributed by atoms with Crippen molar-refractivity contribution in [3.8, 4) is 10.4 Å². The van der Waals surface area contributed by atoms with Gasteiger partial charge in [0.2, 0.25) is 0 Å². The van der Waals surface area contributed by atoms with E-state index in [0.717, 1.165) is 11.1 Å². The van der Waals surface area contributed by atoms with Gasteiger partial charge in [-0.25, -0.2) is 4.79 Å². The minimum absolute atomic E-state index is 0.0856. The Hall–Kier alpha value is -1.85. The first-order chi connectivity index (χ1) is 9.49. The molecule has 0 saturated carbocycles. The molecule has 1 aromatic heterocycles. The molecule has 0 unspecified atom stereocenters. The Balaban J connectivity index is 2.22. The zero-order valence-electron chi connectivity index (χ0n) is 10.3. The fraction of sp³-hybridized carbons (Fsp3) is 0.143. The topological polar surface area (TPSA) is 74.6 Å². The molecule has 0 aliphatic rings. The van der Waals surface area contributed by atoms with Gasteiger partial charge in [0.25, 0.3) is 0 Å². The number of hydrogen-bond donors (Lipinski definition) is 2. The summed E-state index contributed by atoms with van der Waals surface area (Å²) in [5.41, 5.74) is 1.84. The Bertz CT molecular complexity index is 646. The summed E-state index contributed by atoms with van der Waals surface area (Å²) in [6.07, 6.45) is 0.552. The van der Waals surface area contributed by atoms with E-state index in [4.69, 9.17) is 21.8 Å². The standard InChI is InChI=1S/C14H11ClO4S/c15-12-10(14(18)19)7-20-13(12)9-4-1-8(2-5-9)3-6-11(16)17/h1-2,4-5,7H,3,6H2,(H,16,17)(H,18,19). The van der Waals surface area contributed by atoms with Gasteiger partial charge in [0.05, 0.1) is 15.5 Å². The minimum Gasteiger partial charge on any atom is -0.481 e. The van der Waals surface area contributed by atoms with Crippen LogP contribution in [0.15, 0.2) is 29.6 Å². The molecule has 104 valence electrons. The molecule has 2 aromatic rings. The van der Waals surface area contributed by atoms with E-state index in [9.17, 15) is 9.59 Å². The zero-order chi connectivity index (χ0) is 14.7. The van der Waals surface area contributed by atoms with Gasteiger partial charge in [-0.15, -0.1) is 11.3 Å². The number of aryl methyl sites for hydroxylation is 1. The Kier molecular flexibility index (Phi) is 4.42. The van der Waals surface area contributed by atoms with Crippen molar-refractivity contribution in [2.45, 2.75) is 12.8 Å². The number of carboxylic acids is 2. The van der Waals surface area contributed by atoms with Crippen LogP contribution in [0.5, 0.6) is 0 Å². The van der Waals surface area contributed by atoms with Gasteiger partial charge < -0.3 is 10.2 Å². The van der Waals surface area contributed by atoms with Gasteiger partial charge in [-0.3, -0.25) is 4.79 Å². The minimum atomic E-state index is -1.05. The van der Waals surface area contributed by atoms with Crippen molar-refractivity contribution in [3.05, 3.63) is 45.8 Å². The van der Waals surface area contributed by atoms with E-state index in [1.165, 1.54) is 16.7 Å². The summed E-state index contributed by atoms with van der Waals surface area (Å²) in [5, 5.41) is 19.3. The summed E-state index contributed by atoms with van der Waals surface area (Å²) < 4.78 is 0. The fourth-order valence-electron chi connectivity index (χ4n) is 1.76. The van der Waals surface area contributed by atoms with Crippen molar-refractivity contribution in [3.63, 3.8) is 0 Å². The molecule has 4 nitrogen and oxygen atoms in total. The highest BCUT2D eigenvalue weighted by molar-refractivity contribution is 7.14. The molecule has 0 atom stereocenters. The highest BCUT2D eigenvalue weighted by atomic mass is 35.5. The maximum atomic E-state index is 10.9. The molecule has 0 aliphatic heterocycles. The lowest BCUT2D eigenvalue weighted by Gasteiger charge is -2.02. The third-order valence-corrected chi connectivity index (χ3v) is 4.34. The second-order valence-electron chi connectivity index (χ2n) is 4.19. The Labute approximate surface area is 124 Å². The molecule has 0 amide bonds. The lowest BCUT2D eigenvalue weighted by atomic mass is 10.1. The van der Waals surface area contributed by atoms with Crippen molar-refractivity contribution < 1.29 is 19.8 Å². The average molecular weight is 311 g/mol. The van der Waals surface area contributed by atoms with Gasteiger partial charge in [-0.2, -0.15) is 0 Å². The van der Waals surface area contributed by atoms with Gasteiger partial charge in [-0.05, 0) is 17.5 Å². The van der Waals surface area contributed by atoms with Crippen LogP contribution in [0.25, 0.3) is 10.4 Å². The van der Waals surface area contributed by atoms with Crippen LogP contribution in [-0.4, -0.2) is 22.2 Å². The van der Waals surface area contributed by atoms with Crippen LogP contribution in [0.3, 0.4) is 0 Å². The Morgan fingerprint density at radius 1 is 1.15 bits per heavy atom. The van der Waals surface area contributed by atoms with Crippen molar-refractivity contribution in [1.82, 2.24) is 0 Å². The maximum Gasteiger partial charge on any atom is 0.338 e. The molecule has 0 spiro atoms. The first kappa shape index (κ1) is 14.6. The van der Waals surface area contributed by atoms with Crippen molar-refractivity contribution in [1.29, 1.82) is 0 Å². The maximum absolute atomic E-state index is 10.9. The lowest BCUT2D eigenvalue weighted by molar-refractivity contribution is -0.136. The summed E-state index contributed by atoms with van der Waals surface area (Å²) in [7, 11) is 0. The number of carboxylic acid groups (broad SMARTS) is 2. The van der Waals surface area contributed by atoms with Crippen molar-refractivity contribution in [2.75, 3.05) is 0 Å². The SMILES string of the molecule is O=C(O)CCc1ccc(-c2scc(C(=O)O)c2Cl)cc1. The number of rotatable bonds is 5. The molecule has 0 aliphatic carbocycles. The van der Waals surface area contributed by atoms with E-state index < -0.39 is 11.9 Å². The Morgan fingerprint density at radius 3 is 2.30 bits per heavy atom. The number of carbonyl (C=O) groups is 2. The molecule has 2 N–H and O–H groups in total. The van der Waals surface area contributed by atoms with Crippen LogP contribution in [0, 0.1) is 0 Å². The molecular weight excluding hydrogens is 300 g/mol. The molecule has 0 saturated heterocycles. The van der Waals surface area contributed by atoms with E-state index in [1.807, 2.05) is 24.3 Å². The van der Waals surface area contributed by atoms with Gasteiger partial charge in [-0.1, -0.05) is 35.9 Å². The van der Waals surface area contributed by atoms with E-state index in [-0.39, 0.29) is 17.0 Å². The van der Waals surface area contributed by atoms with Crippen LogP contribution >= 0.6 is 22.9 Å². The Morgan fingerprint density at radius 2 is 1.80 bits per heavy atom. The van der Waals surface area contributed by atoms with Gasteiger partial charge >= 0.3 is 11.9 Å². The van der Waals surface area contributed by atoms with Crippen LogP contribution < -0.4 is 0 Å². The molecule has 0 fully saturated rings. The van der Waals surface area contributed by atoms with Crippen molar-refractivity contribution >= 4 is 34.9 Å². The number of benzene rings is 1. The number of halogens is 1. The average Bonchev–Trinajstić information content (AvgIpc) is 2.79. The van der Waals surface area contributed by atoms with E-state index in [1.54, 1.807) is 0 Å². The van der Waals surface area contributed by atoms with Gasteiger partial charge in [0, 0.05) is 11.8 Å². The molecule has 0 radical (unpaired) electrons. The molecule has 20 heavy (non-hydrogen) atoms. The highest BCUT2D eigenvalue weighted by Gasteiger charge is 2.16. The van der Waals surface area contributed by atoms with Gasteiger partial charge in [0.15, 0.2) is 0 Å². The normalized spacial score (nSPS) is 10.4. The molecule has 0 bridgehead atoms. The summed E-state index contributed by atoms with van der Waals surface area (Å²) in [6, 6.07) is 7.30. The largest absolute Gasteiger partial charge is 0.481 e. The number of aliphatic carboxylic acids is 1. The second-order valence-corrected chi connectivity index (χ2v) is 5.45. The smallest absolute Gasteiger partial charge is 0.338 e. The number of hydrogen-bond acceptors (Lipinski definition) is 3. The third-order valence-electron chi connectivity index (χ3n) is 2.80. The number of aromatic carboxylic acids is 1. The molecular formula is C14H11ClO4S. The van der Waals surface area contributed by atoms with Crippen LogP contribution in [-0.2, 0) is 11.2 Å². The fourth-order valence-corrected chi connectivity index (χ4v) is 3.14. The molecule has 1 heterocycles. The molecule has 6 heteroatoms. The summed E-state index contributed by atoms with van der Waals surface area (Å²) >= 11 is 7.32. The monoisotopic (exact) mass is 310 g/mol. The van der Waals surface area contributed by atoms with E-state index >= 15 is 0 Å².